The van der Waals surface area contributed by atoms with Crippen molar-refractivity contribution in [3.8, 4) is 11.8 Å². The molecule has 0 aliphatic rings. The Morgan fingerprint density at radius 2 is 2.04 bits per heavy atom. The topological polar surface area (TPSA) is 69.0 Å². The zero-order valence-corrected chi connectivity index (χ0v) is 14.8. The van der Waals surface area contributed by atoms with Crippen LogP contribution in [0.25, 0.3) is 0 Å². The third kappa shape index (κ3) is 4.47. The quantitative estimate of drug-likeness (QED) is 0.744. The molecule has 0 aliphatic carbocycles. The molecule has 0 radical (unpaired) electrons. The molecule has 0 unspecified atom stereocenters. The molecule has 0 aromatic carbocycles. The Hall–Kier alpha value is -1.71. The molecule has 0 fully saturated rings. The van der Waals surface area contributed by atoms with E-state index in [1.165, 1.54) is 6.92 Å². The summed E-state index contributed by atoms with van der Waals surface area (Å²) in [7, 11) is 0. The lowest BCUT2D eigenvalue weighted by Gasteiger charge is -2.08. The van der Waals surface area contributed by atoms with Crippen molar-refractivity contribution >= 4 is 40.8 Å². The number of ether oxygens (including phenoxy) is 1. The van der Waals surface area contributed by atoms with Gasteiger partial charge in [0.1, 0.15) is 10.0 Å². The lowest BCUT2D eigenvalue weighted by atomic mass is 10.3. The van der Waals surface area contributed by atoms with Gasteiger partial charge in [0, 0.05) is 18.6 Å². The van der Waals surface area contributed by atoms with Gasteiger partial charge in [-0.2, -0.15) is 17.9 Å². The van der Waals surface area contributed by atoms with Crippen LogP contribution >= 0.6 is 34.8 Å². The molecule has 1 amide bonds. The van der Waals surface area contributed by atoms with Crippen LogP contribution < -0.4 is 10.1 Å². The number of carbonyl (C=O) groups is 1. The molecule has 0 saturated carbocycles. The number of alkyl halides is 4. The van der Waals surface area contributed by atoms with Crippen molar-refractivity contribution in [3.05, 3.63) is 33.6 Å². The molecular formula is C13H10Cl3F3N4O2. The fraction of sp³-hybridized carbons (Fsp3) is 0.308. The highest BCUT2D eigenvalue weighted by molar-refractivity contribution is 6.33. The van der Waals surface area contributed by atoms with Crippen LogP contribution in [0, 0.1) is 6.92 Å². The molecule has 0 atom stereocenters. The molecule has 12 heteroatoms. The van der Waals surface area contributed by atoms with Crippen LogP contribution in [0.3, 0.4) is 0 Å². The van der Waals surface area contributed by atoms with Gasteiger partial charge in [-0.15, -0.1) is 16.7 Å². The number of hydrogen-bond acceptors (Lipinski definition) is 4. The Balaban J connectivity index is 2.28. The predicted molar refractivity (Wildman–Crippen MR) is 85.8 cm³/mol. The molecule has 0 spiro atoms. The molecule has 0 saturated heterocycles. The Kier molecular flexibility index (Phi) is 6.02. The molecule has 1 N–H and O–H groups in total. The summed E-state index contributed by atoms with van der Waals surface area (Å²) in [6.45, 7) is 1.71. The standard InChI is InChI=1S/C13H10Cl3F3N4O2/c1-6-9(16)11(22-23(6)12(24)20-3-2-14)25-10-8(15)4-7(5-21-10)13(17,18)19/h4-5H,2-3H2,1H3,(H,20,24). The van der Waals surface area contributed by atoms with E-state index >= 15 is 0 Å². The van der Waals surface area contributed by atoms with Gasteiger partial charge in [0.15, 0.2) is 0 Å². The highest BCUT2D eigenvalue weighted by Gasteiger charge is 2.32. The highest BCUT2D eigenvalue weighted by atomic mass is 35.5. The van der Waals surface area contributed by atoms with Crippen LogP contribution in [-0.4, -0.2) is 33.2 Å². The van der Waals surface area contributed by atoms with Crippen molar-refractivity contribution in [2.24, 2.45) is 0 Å². The minimum Gasteiger partial charge on any atom is -0.416 e. The van der Waals surface area contributed by atoms with Gasteiger partial charge in [-0.3, -0.25) is 0 Å². The summed E-state index contributed by atoms with van der Waals surface area (Å²) in [5, 5.41) is 5.93. The number of rotatable bonds is 4. The van der Waals surface area contributed by atoms with Crippen LogP contribution in [0.4, 0.5) is 18.0 Å². The number of aromatic nitrogens is 3. The first-order valence-electron chi connectivity index (χ1n) is 6.65. The maximum Gasteiger partial charge on any atom is 0.417 e. The molecule has 25 heavy (non-hydrogen) atoms. The number of nitrogens with zero attached hydrogens (tertiary/aromatic N) is 3. The monoisotopic (exact) mass is 416 g/mol. The van der Waals surface area contributed by atoms with E-state index in [-0.39, 0.29) is 39.9 Å². The van der Waals surface area contributed by atoms with Gasteiger partial charge >= 0.3 is 12.2 Å². The number of nitrogens with one attached hydrogen (secondary N) is 1. The molecule has 2 aromatic rings. The predicted octanol–water partition coefficient (Wildman–Crippen LogP) is 4.50. The van der Waals surface area contributed by atoms with Gasteiger partial charge in [-0.1, -0.05) is 23.2 Å². The van der Waals surface area contributed by atoms with Gasteiger partial charge in [0.2, 0.25) is 5.88 Å². The molecule has 136 valence electrons. The van der Waals surface area contributed by atoms with Gasteiger partial charge in [0.25, 0.3) is 5.88 Å². The third-order valence-corrected chi connectivity index (χ3v) is 3.80. The van der Waals surface area contributed by atoms with Crippen molar-refractivity contribution in [1.29, 1.82) is 0 Å². The molecule has 2 heterocycles. The second-order valence-electron chi connectivity index (χ2n) is 4.65. The number of hydrogen-bond donors (Lipinski definition) is 1. The van der Waals surface area contributed by atoms with Crippen LogP contribution in [0.1, 0.15) is 11.3 Å². The smallest absolute Gasteiger partial charge is 0.416 e. The van der Waals surface area contributed by atoms with Gasteiger partial charge < -0.3 is 10.1 Å². The van der Waals surface area contributed by atoms with E-state index < -0.39 is 17.8 Å². The fourth-order valence-electron chi connectivity index (χ4n) is 1.70. The van der Waals surface area contributed by atoms with Crippen molar-refractivity contribution in [2.75, 3.05) is 12.4 Å². The van der Waals surface area contributed by atoms with Gasteiger partial charge in [-0.05, 0) is 13.0 Å². The largest absolute Gasteiger partial charge is 0.417 e. The molecule has 0 bridgehead atoms. The molecule has 0 aliphatic heterocycles. The number of amides is 1. The number of pyridine rings is 1. The SMILES string of the molecule is Cc1c(Cl)c(Oc2ncc(C(F)(F)F)cc2Cl)nn1C(=O)NCCCl. The molecule has 2 rings (SSSR count). The number of halogens is 6. The first-order valence-corrected chi connectivity index (χ1v) is 7.94. The van der Waals surface area contributed by atoms with Crippen LogP contribution in [-0.2, 0) is 6.18 Å². The van der Waals surface area contributed by atoms with E-state index in [0.29, 0.717) is 12.3 Å². The normalized spacial score (nSPS) is 11.5. The Labute approximate surface area is 154 Å². The molecular weight excluding hydrogens is 408 g/mol. The summed E-state index contributed by atoms with van der Waals surface area (Å²) in [4.78, 5) is 15.4. The third-order valence-electron chi connectivity index (χ3n) is 2.91. The van der Waals surface area contributed by atoms with E-state index in [0.717, 1.165) is 4.68 Å². The second kappa shape index (κ2) is 7.67. The van der Waals surface area contributed by atoms with Crippen molar-refractivity contribution in [3.63, 3.8) is 0 Å². The maximum atomic E-state index is 12.6. The second-order valence-corrected chi connectivity index (χ2v) is 5.81. The summed E-state index contributed by atoms with van der Waals surface area (Å²) in [5.41, 5.74) is -0.773. The summed E-state index contributed by atoms with van der Waals surface area (Å²) in [6.07, 6.45) is -4.03. The van der Waals surface area contributed by atoms with E-state index in [9.17, 15) is 18.0 Å². The van der Waals surface area contributed by atoms with Gasteiger partial charge in [0.05, 0.1) is 11.3 Å². The Bertz CT molecular complexity index is 796. The first-order chi connectivity index (χ1) is 11.6. The van der Waals surface area contributed by atoms with E-state index in [1.54, 1.807) is 0 Å². The summed E-state index contributed by atoms with van der Waals surface area (Å²) < 4.78 is 44.0. The van der Waals surface area contributed by atoms with Crippen molar-refractivity contribution in [1.82, 2.24) is 20.1 Å². The Morgan fingerprint density at radius 1 is 1.36 bits per heavy atom. The zero-order valence-electron chi connectivity index (χ0n) is 12.5. The summed E-state index contributed by atoms with van der Waals surface area (Å²) in [6, 6.07) is 0.0656. The average Bonchev–Trinajstić information content (AvgIpc) is 2.82. The molecule has 6 nitrogen and oxygen atoms in total. The van der Waals surface area contributed by atoms with E-state index in [1.807, 2.05) is 0 Å². The average molecular weight is 418 g/mol. The van der Waals surface area contributed by atoms with Gasteiger partial charge in [-0.25, -0.2) is 9.78 Å². The highest BCUT2D eigenvalue weighted by Crippen LogP contribution is 2.36. The molecule has 2 aromatic heterocycles. The maximum absolute atomic E-state index is 12.6. The van der Waals surface area contributed by atoms with Crippen LogP contribution in [0.15, 0.2) is 12.3 Å². The summed E-state index contributed by atoms with van der Waals surface area (Å²) in [5.74, 6) is -0.356. The number of carbonyl (C=O) groups excluding carboxylic acids is 1. The van der Waals surface area contributed by atoms with E-state index in [2.05, 4.69) is 15.4 Å². The lowest BCUT2D eigenvalue weighted by molar-refractivity contribution is -0.137. The minimum absolute atomic E-state index is 0.0150. The zero-order chi connectivity index (χ0) is 18.8. The fourth-order valence-corrected chi connectivity index (χ4v) is 2.15. The van der Waals surface area contributed by atoms with Crippen molar-refractivity contribution < 1.29 is 22.7 Å². The summed E-state index contributed by atoms with van der Waals surface area (Å²) >= 11 is 17.3. The first kappa shape index (κ1) is 19.6. The minimum atomic E-state index is -4.59. The van der Waals surface area contributed by atoms with Crippen LogP contribution in [0.5, 0.6) is 11.8 Å². The van der Waals surface area contributed by atoms with E-state index in [4.69, 9.17) is 39.5 Å². The Morgan fingerprint density at radius 3 is 2.60 bits per heavy atom. The van der Waals surface area contributed by atoms with Crippen molar-refractivity contribution in [2.45, 2.75) is 13.1 Å². The van der Waals surface area contributed by atoms with Crippen LogP contribution in [0.2, 0.25) is 10.0 Å². The lowest BCUT2D eigenvalue weighted by Crippen LogP contribution is -2.31.